The molecule has 0 aliphatic heterocycles. The van der Waals surface area contributed by atoms with Gasteiger partial charge in [-0.05, 0) is 57.0 Å². The molecule has 3 rings (SSSR count). The molecule has 1 N–H and O–H groups in total. The molecule has 0 heterocycles. The molecule has 0 spiro atoms. The number of benzene rings is 3. The Balaban J connectivity index is 1.89. The molecular weight excluding hydrogens is 408 g/mol. The van der Waals surface area contributed by atoms with E-state index in [2.05, 4.69) is 5.32 Å². The van der Waals surface area contributed by atoms with E-state index < -0.39 is 10.0 Å². The monoisotopic (exact) mass is 436 g/mol. The molecule has 31 heavy (non-hydrogen) atoms. The second-order valence-electron chi connectivity index (χ2n) is 7.88. The van der Waals surface area contributed by atoms with Gasteiger partial charge in [0.05, 0.1) is 10.6 Å². The van der Waals surface area contributed by atoms with E-state index in [1.165, 1.54) is 4.31 Å². The number of hydrogen-bond acceptors (Lipinski definition) is 3. The molecule has 162 valence electrons. The molecule has 6 heteroatoms. The van der Waals surface area contributed by atoms with E-state index in [9.17, 15) is 13.2 Å². The highest BCUT2D eigenvalue weighted by Gasteiger charge is 2.28. The molecule has 0 saturated heterocycles. The first-order chi connectivity index (χ1) is 14.7. The van der Waals surface area contributed by atoms with Gasteiger partial charge in [-0.25, -0.2) is 8.42 Å². The van der Waals surface area contributed by atoms with Gasteiger partial charge in [0.15, 0.2) is 0 Å². The van der Waals surface area contributed by atoms with Gasteiger partial charge in [0.1, 0.15) is 6.54 Å². The Bertz CT molecular complexity index is 1170. The number of nitrogens with zero attached hydrogens (tertiary/aromatic N) is 1. The molecule has 0 aromatic heterocycles. The predicted molar refractivity (Wildman–Crippen MR) is 125 cm³/mol. The minimum atomic E-state index is -3.92. The maximum Gasteiger partial charge on any atom is 0.264 e. The third-order valence-electron chi connectivity index (χ3n) is 5.13. The number of aryl methyl sites for hydroxylation is 4. The molecular formula is C25H28N2O3S. The number of carbonyl (C=O) groups is 1. The van der Waals surface area contributed by atoms with Gasteiger partial charge >= 0.3 is 0 Å². The highest BCUT2D eigenvalue weighted by atomic mass is 32.2. The zero-order valence-corrected chi connectivity index (χ0v) is 19.2. The maximum atomic E-state index is 13.5. The van der Waals surface area contributed by atoms with Crippen LogP contribution in [0.4, 0.5) is 5.69 Å². The van der Waals surface area contributed by atoms with E-state index in [1.807, 2.05) is 64.1 Å². The summed E-state index contributed by atoms with van der Waals surface area (Å²) in [5.74, 6) is -0.365. The summed E-state index contributed by atoms with van der Waals surface area (Å²) in [4.78, 5) is 12.9. The first-order valence-corrected chi connectivity index (χ1v) is 11.6. The van der Waals surface area contributed by atoms with Crippen LogP contribution in [-0.4, -0.2) is 20.9 Å². The van der Waals surface area contributed by atoms with E-state index in [0.29, 0.717) is 12.2 Å². The van der Waals surface area contributed by atoms with Gasteiger partial charge in [0, 0.05) is 6.54 Å². The molecule has 0 radical (unpaired) electrons. The van der Waals surface area contributed by atoms with Crippen LogP contribution < -0.4 is 9.62 Å². The highest BCUT2D eigenvalue weighted by molar-refractivity contribution is 7.92. The van der Waals surface area contributed by atoms with Crippen LogP contribution >= 0.6 is 0 Å². The molecule has 0 atom stereocenters. The zero-order valence-electron chi connectivity index (χ0n) is 18.3. The molecule has 0 fully saturated rings. The molecule has 3 aromatic rings. The van der Waals surface area contributed by atoms with E-state index in [1.54, 1.807) is 30.3 Å². The second kappa shape index (κ2) is 9.35. The number of rotatable bonds is 7. The minimum Gasteiger partial charge on any atom is -0.350 e. The Labute approximate surface area is 184 Å². The molecule has 5 nitrogen and oxygen atoms in total. The Hall–Kier alpha value is -3.12. The van der Waals surface area contributed by atoms with Crippen molar-refractivity contribution in [3.63, 3.8) is 0 Å². The summed E-state index contributed by atoms with van der Waals surface area (Å²) in [7, 11) is -3.92. The number of anilines is 1. The smallest absolute Gasteiger partial charge is 0.264 e. The van der Waals surface area contributed by atoms with Crippen LogP contribution in [-0.2, 0) is 21.4 Å². The van der Waals surface area contributed by atoms with Crippen molar-refractivity contribution in [3.05, 3.63) is 94.5 Å². The second-order valence-corrected chi connectivity index (χ2v) is 9.74. The van der Waals surface area contributed by atoms with Crippen LogP contribution in [0.15, 0.2) is 71.6 Å². The lowest BCUT2D eigenvalue weighted by Gasteiger charge is -2.26. The van der Waals surface area contributed by atoms with Crippen molar-refractivity contribution >= 4 is 21.6 Å². The lowest BCUT2D eigenvalue weighted by Crippen LogP contribution is -2.41. The molecule has 0 aliphatic rings. The fourth-order valence-electron chi connectivity index (χ4n) is 3.32. The van der Waals surface area contributed by atoms with Crippen molar-refractivity contribution < 1.29 is 13.2 Å². The summed E-state index contributed by atoms with van der Waals surface area (Å²) in [6.07, 6.45) is 0. The average molecular weight is 437 g/mol. The van der Waals surface area contributed by atoms with Crippen LogP contribution in [0, 0.1) is 27.7 Å². The topological polar surface area (TPSA) is 66.5 Å². The van der Waals surface area contributed by atoms with Gasteiger partial charge in [0.2, 0.25) is 5.91 Å². The molecule has 3 aromatic carbocycles. The van der Waals surface area contributed by atoms with Gasteiger partial charge < -0.3 is 5.32 Å². The van der Waals surface area contributed by atoms with Crippen molar-refractivity contribution in [2.45, 2.75) is 39.1 Å². The van der Waals surface area contributed by atoms with Crippen LogP contribution in [0.5, 0.6) is 0 Å². The predicted octanol–water partition coefficient (Wildman–Crippen LogP) is 4.43. The van der Waals surface area contributed by atoms with Crippen molar-refractivity contribution in [1.82, 2.24) is 5.32 Å². The largest absolute Gasteiger partial charge is 0.350 e. The zero-order chi connectivity index (χ0) is 22.6. The first-order valence-electron chi connectivity index (χ1n) is 10.2. The Kier molecular flexibility index (Phi) is 6.81. The normalized spacial score (nSPS) is 11.2. The van der Waals surface area contributed by atoms with Gasteiger partial charge in [-0.1, -0.05) is 65.2 Å². The van der Waals surface area contributed by atoms with Gasteiger partial charge in [-0.2, -0.15) is 0 Å². The van der Waals surface area contributed by atoms with E-state index in [4.69, 9.17) is 0 Å². The fourth-order valence-corrected chi connectivity index (χ4v) is 4.80. The molecule has 0 bridgehead atoms. The third kappa shape index (κ3) is 5.52. The van der Waals surface area contributed by atoms with E-state index >= 15 is 0 Å². The summed E-state index contributed by atoms with van der Waals surface area (Å²) in [5.41, 5.74) is 5.38. The number of sulfonamides is 1. The van der Waals surface area contributed by atoms with Crippen molar-refractivity contribution in [2.24, 2.45) is 0 Å². The number of carbonyl (C=O) groups excluding carboxylic acids is 1. The maximum absolute atomic E-state index is 13.5. The molecule has 0 aliphatic carbocycles. The van der Waals surface area contributed by atoms with Crippen molar-refractivity contribution in [3.8, 4) is 0 Å². The van der Waals surface area contributed by atoms with Gasteiger partial charge in [-0.3, -0.25) is 9.10 Å². The summed E-state index contributed by atoms with van der Waals surface area (Å²) in [5, 5.41) is 2.84. The van der Waals surface area contributed by atoms with Crippen LogP contribution in [0.3, 0.4) is 0 Å². The summed E-state index contributed by atoms with van der Waals surface area (Å²) < 4.78 is 28.1. The van der Waals surface area contributed by atoms with Crippen LogP contribution in [0.1, 0.15) is 27.8 Å². The van der Waals surface area contributed by atoms with Crippen LogP contribution in [0.25, 0.3) is 0 Å². The summed E-state index contributed by atoms with van der Waals surface area (Å²) >= 11 is 0. The van der Waals surface area contributed by atoms with E-state index in [0.717, 1.165) is 27.8 Å². The molecule has 1 amide bonds. The lowest BCUT2D eigenvalue weighted by atomic mass is 10.1. The third-order valence-corrected chi connectivity index (χ3v) is 6.90. The van der Waals surface area contributed by atoms with Crippen molar-refractivity contribution in [2.75, 3.05) is 10.8 Å². The SMILES string of the molecule is Cc1ccc(CNC(=O)CN(c2ccc(C)cc2C)S(=O)(=O)c2ccc(C)cc2)cc1. The standard InChI is InChI=1S/C25H28N2O3S/c1-18-5-10-22(11-6-18)16-26-25(28)17-27(24-14-9-20(3)15-21(24)4)31(29,30)23-12-7-19(2)8-13-23/h5-15H,16-17H2,1-4H3,(H,26,28). The number of nitrogens with one attached hydrogen (secondary N) is 1. The number of hydrogen-bond donors (Lipinski definition) is 1. The molecule has 0 unspecified atom stereocenters. The summed E-state index contributed by atoms with van der Waals surface area (Å²) in [6.45, 7) is 7.74. The number of amides is 1. The molecule has 0 saturated carbocycles. The van der Waals surface area contributed by atoms with Crippen LogP contribution in [0.2, 0.25) is 0 Å². The fraction of sp³-hybridized carbons (Fsp3) is 0.240. The van der Waals surface area contributed by atoms with Gasteiger partial charge in [0.25, 0.3) is 10.0 Å². The Morgan fingerprint density at radius 3 is 1.94 bits per heavy atom. The summed E-state index contributed by atoms with van der Waals surface area (Å²) in [6, 6.07) is 20.0. The first kappa shape index (κ1) is 22.6. The minimum absolute atomic E-state index is 0.157. The van der Waals surface area contributed by atoms with Crippen molar-refractivity contribution in [1.29, 1.82) is 0 Å². The Morgan fingerprint density at radius 2 is 1.35 bits per heavy atom. The lowest BCUT2D eigenvalue weighted by molar-refractivity contribution is -0.119. The highest BCUT2D eigenvalue weighted by Crippen LogP contribution is 2.27. The van der Waals surface area contributed by atoms with Gasteiger partial charge in [-0.15, -0.1) is 0 Å². The van der Waals surface area contributed by atoms with E-state index in [-0.39, 0.29) is 17.3 Å². The quantitative estimate of drug-likeness (QED) is 0.596. The Morgan fingerprint density at radius 1 is 0.806 bits per heavy atom. The average Bonchev–Trinajstić information content (AvgIpc) is 2.72.